The first kappa shape index (κ1) is 17.9. The van der Waals surface area contributed by atoms with Crippen LogP contribution in [0.4, 0.5) is 0 Å². The van der Waals surface area contributed by atoms with Crippen LogP contribution in [0.3, 0.4) is 0 Å². The molecule has 0 heterocycles. The van der Waals surface area contributed by atoms with Crippen molar-refractivity contribution in [2.45, 2.75) is 19.8 Å². The molecule has 0 N–H and O–H groups in total. The predicted octanol–water partition coefficient (Wildman–Crippen LogP) is 9.19. The summed E-state index contributed by atoms with van der Waals surface area (Å²) in [5, 5.41) is 5.32. The number of halogens is 1. The number of hydrogen-bond donors (Lipinski definition) is 0. The van der Waals surface area contributed by atoms with E-state index in [0.717, 1.165) is 4.47 Å². The lowest BCUT2D eigenvalue weighted by Gasteiger charge is -2.15. The summed E-state index contributed by atoms with van der Waals surface area (Å²) in [6, 6.07) is 31.4. The second-order valence-corrected chi connectivity index (χ2v) is 9.34. The molecule has 0 saturated carbocycles. The van der Waals surface area contributed by atoms with Crippen LogP contribution in [0.5, 0.6) is 0 Å². The van der Waals surface area contributed by atoms with Gasteiger partial charge in [-0.15, -0.1) is 0 Å². The van der Waals surface area contributed by atoms with E-state index in [9.17, 15) is 0 Å². The van der Waals surface area contributed by atoms with Crippen molar-refractivity contribution in [3.05, 3.63) is 95.0 Å². The largest absolute Gasteiger partial charge is 0.0616 e. The van der Waals surface area contributed by atoms with E-state index in [1.54, 1.807) is 0 Å². The van der Waals surface area contributed by atoms with Gasteiger partial charge in [0.25, 0.3) is 0 Å². The summed E-state index contributed by atoms with van der Waals surface area (Å²) >= 11 is 3.86. The van der Waals surface area contributed by atoms with Crippen LogP contribution in [0.25, 0.3) is 54.9 Å². The molecule has 1 aliphatic rings. The van der Waals surface area contributed by atoms with Crippen LogP contribution < -0.4 is 0 Å². The number of rotatable bonds is 2. The minimum atomic E-state index is 0.484. The van der Waals surface area contributed by atoms with Crippen molar-refractivity contribution in [2.75, 3.05) is 0 Å². The van der Waals surface area contributed by atoms with Gasteiger partial charge in [0.2, 0.25) is 0 Å². The fraction of sp³-hybridized carbons (Fsp3) is 0.103. The standard InChI is InChI=1S/C29H21Br/c1-17(2)19-9-5-10-23-27(19)15-18(16-28(23)30)20-13-14-26-22-8-4-3-7-21(22)25-12-6-11-24(20)29(25)26/h3-17H,1-2H3. The van der Waals surface area contributed by atoms with Gasteiger partial charge in [-0.05, 0) is 78.5 Å². The SMILES string of the molecule is CC(C)c1cccc2c(Br)cc(-c3ccc4c5c(cccc35)-c3ccccc3-4)cc12. The first-order chi connectivity index (χ1) is 14.6. The van der Waals surface area contributed by atoms with E-state index in [1.807, 2.05) is 0 Å². The van der Waals surface area contributed by atoms with Gasteiger partial charge in [-0.25, -0.2) is 0 Å². The van der Waals surface area contributed by atoms with Crippen LogP contribution in [0.2, 0.25) is 0 Å². The zero-order valence-electron chi connectivity index (χ0n) is 17.0. The normalized spacial score (nSPS) is 12.1. The zero-order chi connectivity index (χ0) is 20.4. The van der Waals surface area contributed by atoms with Gasteiger partial charge in [0.05, 0.1) is 0 Å². The monoisotopic (exact) mass is 448 g/mol. The Balaban J connectivity index is 1.67. The molecule has 0 saturated heterocycles. The van der Waals surface area contributed by atoms with Gasteiger partial charge in [-0.3, -0.25) is 0 Å². The Labute approximate surface area is 185 Å². The van der Waals surface area contributed by atoms with Crippen LogP contribution in [-0.2, 0) is 0 Å². The van der Waals surface area contributed by atoms with E-state index < -0.39 is 0 Å². The molecule has 0 unspecified atom stereocenters. The fourth-order valence-corrected chi connectivity index (χ4v) is 5.68. The quantitative estimate of drug-likeness (QED) is 0.247. The zero-order valence-corrected chi connectivity index (χ0v) is 18.6. The molecule has 5 aromatic rings. The summed E-state index contributed by atoms with van der Waals surface area (Å²) < 4.78 is 1.16. The molecule has 0 fully saturated rings. The Bertz CT molecular complexity index is 1440. The van der Waals surface area contributed by atoms with Crippen LogP contribution in [0, 0.1) is 0 Å². The Morgan fingerprint density at radius 2 is 1.20 bits per heavy atom. The highest BCUT2D eigenvalue weighted by Gasteiger charge is 2.22. The van der Waals surface area contributed by atoms with E-state index in [4.69, 9.17) is 0 Å². The Hall–Kier alpha value is -2.90. The molecule has 0 nitrogen and oxygen atoms in total. The molecular formula is C29H21Br. The van der Waals surface area contributed by atoms with Gasteiger partial charge in [-0.1, -0.05) is 103 Å². The summed E-state index contributed by atoms with van der Waals surface area (Å²) in [7, 11) is 0. The summed E-state index contributed by atoms with van der Waals surface area (Å²) in [5.41, 5.74) is 9.35. The Morgan fingerprint density at radius 3 is 1.97 bits per heavy atom. The second kappa shape index (κ2) is 6.55. The summed E-state index contributed by atoms with van der Waals surface area (Å²) in [6.07, 6.45) is 0. The van der Waals surface area contributed by atoms with Crippen LogP contribution >= 0.6 is 15.9 Å². The van der Waals surface area contributed by atoms with Gasteiger partial charge in [0.15, 0.2) is 0 Å². The minimum Gasteiger partial charge on any atom is -0.0616 e. The maximum atomic E-state index is 3.86. The van der Waals surface area contributed by atoms with Crippen LogP contribution in [0.1, 0.15) is 25.3 Å². The van der Waals surface area contributed by atoms with Crippen molar-refractivity contribution >= 4 is 37.5 Å². The summed E-state index contributed by atoms with van der Waals surface area (Å²) in [6.45, 7) is 4.54. The van der Waals surface area contributed by atoms with E-state index in [2.05, 4.69) is 115 Å². The van der Waals surface area contributed by atoms with Gasteiger partial charge >= 0.3 is 0 Å². The van der Waals surface area contributed by atoms with Crippen molar-refractivity contribution in [2.24, 2.45) is 0 Å². The van der Waals surface area contributed by atoms with E-state index in [0.29, 0.717) is 5.92 Å². The summed E-state index contributed by atoms with van der Waals surface area (Å²) in [4.78, 5) is 0. The van der Waals surface area contributed by atoms with Gasteiger partial charge < -0.3 is 0 Å². The summed E-state index contributed by atoms with van der Waals surface area (Å²) in [5.74, 6) is 0.484. The Morgan fingerprint density at radius 1 is 0.567 bits per heavy atom. The molecule has 6 rings (SSSR count). The topological polar surface area (TPSA) is 0 Å². The molecule has 5 aromatic carbocycles. The fourth-order valence-electron chi connectivity index (χ4n) is 5.08. The van der Waals surface area contributed by atoms with E-state index in [-0.39, 0.29) is 0 Å². The lowest BCUT2D eigenvalue weighted by molar-refractivity contribution is 0.876. The van der Waals surface area contributed by atoms with Crippen molar-refractivity contribution < 1.29 is 0 Å². The molecule has 0 atom stereocenters. The average Bonchev–Trinajstić information content (AvgIpc) is 3.09. The minimum absolute atomic E-state index is 0.484. The average molecular weight is 449 g/mol. The highest BCUT2D eigenvalue weighted by Crippen LogP contribution is 2.49. The molecule has 0 aliphatic heterocycles. The molecule has 0 radical (unpaired) electrons. The highest BCUT2D eigenvalue weighted by molar-refractivity contribution is 9.10. The van der Waals surface area contributed by atoms with Crippen molar-refractivity contribution in [1.29, 1.82) is 0 Å². The predicted molar refractivity (Wildman–Crippen MR) is 133 cm³/mol. The second-order valence-electron chi connectivity index (χ2n) is 8.49. The van der Waals surface area contributed by atoms with Crippen LogP contribution in [0.15, 0.2) is 89.4 Å². The third-order valence-corrected chi connectivity index (χ3v) is 7.12. The lowest BCUT2D eigenvalue weighted by atomic mass is 9.90. The smallest absolute Gasteiger partial charge is 0.0260 e. The van der Waals surface area contributed by atoms with Crippen molar-refractivity contribution in [3.63, 3.8) is 0 Å². The lowest BCUT2D eigenvalue weighted by Crippen LogP contribution is -1.91. The Kier molecular flexibility index (Phi) is 3.91. The number of benzene rings is 5. The maximum Gasteiger partial charge on any atom is 0.0260 e. The first-order valence-corrected chi connectivity index (χ1v) is 11.3. The number of hydrogen-bond acceptors (Lipinski definition) is 0. The molecule has 144 valence electrons. The van der Waals surface area contributed by atoms with Crippen molar-refractivity contribution in [1.82, 2.24) is 0 Å². The van der Waals surface area contributed by atoms with Gasteiger partial charge in [0.1, 0.15) is 0 Å². The third kappa shape index (κ3) is 2.45. The van der Waals surface area contributed by atoms with E-state index >= 15 is 0 Å². The molecule has 0 aromatic heterocycles. The maximum absolute atomic E-state index is 3.86. The molecular weight excluding hydrogens is 428 g/mol. The molecule has 1 heteroatoms. The van der Waals surface area contributed by atoms with Gasteiger partial charge in [-0.2, -0.15) is 0 Å². The first-order valence-electron chi connectivity index (χ1n) is 10.5. The molecule has 0 bridgehead atoms. The highest BCUT2D eigenvalue weighted by atomic mass is 79.9. The molecule has 30 heavy (non-hydrogen) atoms. The van der Waals surface area contributed by atoms with Gasteiger partial charge in [0, 0.05) is 4.47 Å². The third-order valence-electron chi connectivity index (χ3n) is 6.46. The number of fused-ring (bicyclic) bond motifs is 4. The van der Waals surface area contributed by atoms with Crippen LogP contribution in [-0.4, -0.2) is 0 Å². The van der Waals surface area contributed by atoms with E-state index in [1.165, 1.54) is 60.5 Å². The molecule has 1 aliphatic carbocycles. The van der Waals surface area contributed by atoms with Crippen molar-refractivity contribution in [3.8, 4) is 33.4 Å². The molecule has 0 spiro atoms. The molecule has 0 amide bonds.